The predicted octanol–water partition coefficient (Wildman–Crippen LogP) is 2.66. The summed E-state index contributed by atoms with van der Waals surface area (Å²) in [7, 11) is 1.84. The molecule has 2 aromatic rings. The summed E-state index contributed by atoms with van der Waals surface area (Å²) in [5.74, 6) is 0.735. The molecule has 0 radical (unpaired) electrons. The van der Waals surface area contributed by atoms with Crippen LogP contribution in [0, 0.1) is 6.92 Å². The fourth-order valence-corrected chi connectivity index (χ4v) is 3.83. The average molecular weight is 345 g/mol. The van der Waals surface area contributed by atoms with E-state index in [1.165, 1.54) is 10.4 Å². The first kappa shape index (κ1) is 16.7. The van der Waals surface area contributed by atoms with Gasteiger partial charge in [-0.15, -0.1) is 11.3 Å². The van der Waals surface area contributed by atoms with Gasteiger partial charge in [-0.1, -0.05) is 0 Å². The maximum absolute atomic E-state index is 12.5. The van der Waals surface area contributed by atoms with Crippen molar-refractivity contribution in [2.45, 2.75) is 32.4 Å². The highest BCUT2D eigenvalue weighted by molar-refractivity contribution is 7.10. The number of carbonyl (C=O) groups is 1. The minimum Gasteiger partial charge on any atom is -0.339 e. The zero-order valence-corrected chi connectivity index (χ0v) is 14.9. The van der Waals surface area contributed by atoms with E-state index in [0.717, 1.165) is 31.9 Å². The van der Waals surface area contributed by atoms with Gasteiger partial charge in [0.1, 0.15) is 0 Å². The van der Waals surface area contributed by atoms with Crippen LogP contribution in [0.5, 0.6) is 0 Å². The van der Waals surface area contributed by atoms with Gasteiger partial charge in [0.2, 0.25) is 5.95 Å². The van der Waals surface area contributed by atoms with E-state index in [-0.39, 0.29) is 12.1 Å². The molecule has 0 saturated carbocycles. The molecule has 1 saturated heterocycles. The topological polar surface area (TPSA) is 61.4 Å². The molecular weight excluding hydrogens is 322 g/mol. The molecule has 7 heteroatoms. The molecule has 0 aromatic carbocycles. The molecule has 0 spiro atoms. The molecule has 128 valence electrons. The lowest BCUT2D eigenvalue weighted by Gasteiger charge is -2.34. The number of carbonyl (C=O) groups excluding carboxylic acids is 1. The van der Waals surface area contributed by atoms with E-state index in [4.69, 9.17) is 0 Å². The molecule has 1 aliphatic heterocycles. The number of piperidine rings is 1. The third-order valence-corrected chi connectivity index (χ3v) is 5.29. The van der Waals surface area contributed by atoms with E-state index in [9.17, 15) is 4.79 Å². The Morgan fingerprint density at radius 2 is 2.25 bits per heavy atom. The maximum atomic E-state index is 12.5. The summed E-state index contributed by atoms with van der Waals surface area (Å²) in [4.78, 5) is 26.2. The number of nitrogens with zero attached hydrogens (tertiary/aromatic N) is 4. The van der Waals surface area contributed by atoms with E-state index in [0.29, 0.717) is 6.54 Å². The molecule has 1 fully saturated rings. The molecule has 3 rings (SSSR count). The zero-order valence-electron chi connectivity index (χ0n) is 14.1. The van der Waals surface area contributed by atoms with Crippen LogP contribution < -0.4 is 10.2 Å². The van der Waals surface area contributed by atoms with Crippen LogP contribution in [0.25, 0.3) is 0 Å². The summed E-state index contributed by atoms with van der Waals surface area (Å²) in [5.41, 5.74) is 1.24. The Kier molecular flexibility index (Phi) is 5.30. The Morgan fingerprint density at radius 3 is 2.96 bits per heavy atom. The smallest absolute Gasteiger partial charge is 0.317 e. The molecule has 0 aliphatic carbocycles. The number of aryl methyl sites for hydroxylation is 1. The number of aromatic nitrogens is 2. The van der Waals surface area contributed by atoms with Gasteiger partial charge in [0.15, 0.2) is 0 Å². The molecule has 1 atom stereocenters. The zero-order chi connectivity index (χ0) is 16.9. The second-order valence-electron chi connectivity index (χ2n) is 6.17. The van der Waals surface area contributed by atoms with Crippen LogP contribution in [0.3, 0.4) is 0 Å². The molecule has 2 aromatic heterocycles. The summed E-state index contributed by atoms with van der Waals surface area (Å²) < 4.78 is 0. The average Bonchev–Trinajstić information content (AvgIpc) is 3.00. The van der Waals surface area contributed by atoms with Crippen LogP contribution in [-0.2, 0) is 6.54 Å². The minimum absolute atomic E-state index is 0.0244. The number of urea groups is 1. The van der Waals surface area contributed by atoms with Gasteiger partial charge >= 0.3 is 6.03 Å². The van der Waals surface area contributed by atoms with E-state index in [1.54, 1.807) is 28.6 Å². The first-order valence-electron chi connectivity index (χ1n) is 8.20. The van der Waals surface area contributed by atoms with E-state index in [1.807, 2.05) is 13.1 Å². The first-order chi connectivity index (χ1) is 11.6. The number of anilines is 1. The Labute approximate surface area is 146 Å². The van der Waals surface area contributed by atoms with Gasteiger partial charge in [-0.25, -0.2) is 14.8 Å². The molecule has 24 heavy (non-hydrogen) atoms. The monoisotopic (exact) mass is 345 g/mol. The highest BCUT2D eigenvalue weighted by Crippen LogP contribution is 2.18. The number of hydrogen-bond acceptors (Lipinski definition) is 5. The number of rotatable bonds is 4. The van der Waals surface area contributed by atoms with E-state index in [2.05, 4.69) is 38.6 Å². The van der Waals surface area contributed by atoms with Crippen LogP contribution in [0.1, 0.15) is 23.3 Å². The van der Waals surface area contributed by atoms with Gasteiger partial charge in [-0.3, -0.25) is 0 Å². The van der Waals surface area contributed by atoms with Gasteiger partial charge in [0, 0.05) is 43.4 Å². The summed E-state index contributed by atoms with van der Waals surface area (Å²) in [5, 5.41) is 5.21. The third-order valence-electron chi connectivity index (χ3n) is 4.28. The summed E-state index contributed by atoms with van der Waals surface area (Å²) >= 11 is 1.69. The quantitative estimate of drug-likeness (QED) is 0.925. The van der Waals surface area contributed by atoms with Crippen LogP contribution in [0.2, 0.25) is 0 Å². The molecule has 1 unspecified atom stereocenters. The third kappa shape index (κ3) is 4.03. The van der Waals surface area contributed by atoms with Crippen molar-refractivity contribution >= 4 is 23.3 Å². The van der Waals surface area contributed by atoms with Gasteiger partial charge < -0.3 is 15.1 Å². The van der Waals surface area contributed by atoms with Gasteiger partial charge in [-0.2, -0.15) is 0 Å². The second-order valence-corrected chi connectivity index (χ2v) is 7.17. The largest absolute Gasteiger partial charge is 0.339 e. The SMILES string of the molecule is Cc1ccsc1CN(C)C(=O)NC1CCCN(c2ncccn2)C1. The van der Waals surface area contributed by atoms with Crippen LogP contribution in [0.15, 0.2) is 29.9 Å². The Balaban J connectivity index is 1.55. The summed E-state index contributed by atoms with van der Waals surface area (Å²) in [6.45, 7) is 4.41. The van der Waals surface area contributed by atoms with Gasteiger partial charge in [0.25, 0.3) is 0 Å². The Bertz CT molecular complexity index is 675. The lowest BCUT2D eigenvalue weighted by Crippen LogP contribution is -2.51. The standard InChI is InChI=1S/C17H23N5OS/c1-13-6-10-24-15(13)12-21(2)17(23)20-14-5-3-9-22(11-14)16-18-7-4-8-19-16/h4,6-8,10,14H,3,5,9,11-12H2,1-2H3,(H,20,23). The summed E-state index contributed by atoms with van der Waals surface area (Å²) in [6, 6.07) is 4.00. The number of nitrogens with one attached hydrogen (secondary N) is 1. The van der Waals surface area contributed by atoms with Crippen LogP contribution in [0.4, 0.5) is 10.7 Å². The minimum atomic E-state index is -0.0244. The van der Waals surface area contributed by atoms with Crippen molar-refractivity contribution in [2.24, 2.45) is 0 Å². The van der Waals surface area contributed by atoms with Crippen molar-refractivity contribution < 1.29 is 4.79 Å². The fourth-order valence-electron chi connectivity index (χ4n) is 2.87. The van der Waals surface area contributed by atoms with Gasteiger partial charge in [-0.05, 0) is 42.8 Å². The van der Waals surface area contributed by atoms with Crippen molar-refractivity contribution in [1.29, 1.82) is 0 Å². The molecular formula is C17H23N5OS. The van der Waals surface area contributed by atoms with Crippen LogP contribution in [-0.4, -0.2) is 47.1 Å². The molecule has 3 heterocycles. The maximum Gasteiger partial charge on any atom is 0.317 e. The molecule has 2 amide bonds. The van der Waals surface area contributed by atoms with E-state index >= 15 is 0 Å². The lowest BCUT2D eigenvalue weighted by molar-refractivity contribution is 0.201. The van der Waals surface area contributed by atoms with Crippen molar-refractivity contribution in [1.82, 2.24) is 20.2 Å². The predicted molar refractivity (Wildman–Crippen MR) is 96.3 cm³/mol. The second kappa shape index (κ2) is 7.61. The van der Waals surface area contributed by atoms with Crippen molar-refractivity contribution in [2.75, 3.05) is 25.0 Å². The van der Waals surface area contributed by atoms with Crippen molar-refractivity contribution in [3.05, 3.63) is 40.3 Å². The Morgan fingerprint density at radius 1 is 1.46 bits per heavy atom. The van der Waals surface area contributed by atoms with Crippen molar-refractivity contribution in [3.8, 4) is 0 Å². The first-order valence-corrected chi connectivity index (χ1v) is 9.08. The summed E-state index contributed by atoms with van der Waals surface area (Å²) in [6.07, 6.45) is 5.52. The number of hydrogen-bond donors (Lipinski definition) is 1. The van der Waals surface area contributed by atoms with Gasteiger partial charge in [0.05, 0.1) is 6.54 Å². The van der Waals surface area contributed by atoms with Crippen LogP contribution >= 0.6 is 11.3 Å². The molecule has 1 N–H and O–H groups in total. The lowest BCUT2D eigenvalue weighted by atomic mass is 10.1. The number of amides is 2. The highest BCUT2D eigenvalue weighted by Gasteiger charge is 2.24. The normalized spacial score (nSPS) is 17.6. The fraction of sp³-hybridized carbons (Fsp3) is 0.471. The Hall–Kier alpha value is -2.15. The molecule has 1 aliphatic rings. The van der Waals surface area contributed by atoms with E-state index < -0.39 is 0 Å². The highest BCUT2D eigenvalue weighted by atomic mass is 32.1. The molecule has 6 nitrogen and oxygen atoms in total. The molecule has 0 bridgehead atoms. The number of thiophene rings is 1. The van der Waals surface area contributed by atoms with Crippen molar-refractivity contribution in [3.63, 3.8) is 0 Å².